The van der Waals surface area contributed by atoms with E-state index in [9.17, 15) is 9.18 Å². The van der Waals surface area contributed by atoms with E-state index >= 15 is 0 Å². The summed E-state index contributed by atoms with van der Waals surface area (Å²) in [5, 5.41) is 5.33. The van der Waals surface area contributed by atoms with Crippen molar-refractivity contribution in [2.75, 3.05) is 5.32 Å². The van der Waals surface area contributed by atoms with Crippen LogP contribution in [0.4, 0.5) is 14.9 Å². The summed E-state index contributed by atoms with van der Waals surface area (Å²) < 4.78 is 13.4. The Kier molecular flexibility index (Phi) is 4.39. The van der Waals surface area contributed by atoms with Crippen molar-refractivity contribution < 1.29 is 9.18 Å². The van der Waals surface area contributed by atoms with Crippen molar-refractivity contribution in [1.29, 1.82) is 0 Å². The fourth-order valence-corrected chi connectivity index (χ4v) is 3.10. The molecule has 3 nitrogen and oxygen atoms in total. The smallest absolute Gasteiger partial charge is 0.319 e. The second kappa shape index (κ2) is 6.05. The first-order valence-corrected chi connectivity index (χ1v) is 7.18. The van der Waals surface area contributed by atoms with Crippen LogP contribution in [0.5, 0.6) is 0 Å². The van der Waals surface area contributed by atoms with Gasteiger partial charge < -0.3 is 10.6 Å². The van der Waals surface area contributed by atoms with Crippen molar-refractivity contribution in [1.82, 2.24) is 5.32 Å². The topological polar surface area (TPSA) is 41.1 Å². The lowest BCUT2D eigenvalue weighted by molar-refractivity contribution is 0.249. The number of hydrogen-bond acceptors (Lipinski definition) is 2. The SMILES string of the molecule is Cc1cc([C@@H](C)NC(=O)Nc2ccccc2F)c(C)s1. The van der Waals surface area contributed by atoms with Gasteiger partial charge in [-0.3, -0.25) is 0 Å². The first-order valence-electron chi connectivity index (χ1n) is 6.36. The molecule has 1 heterocycles. The number of halogens is 1. The van der Waals surface area contributed by atoms with E-state index in [0.717, 1.165) is 5.56 Å². The number of thiophene rings is 1. The Balaban J connectivity index is 2.01. The Morgan fingerprint density at radius 1 is 1.30 bits per heavy atom. The van der Waals surface area contributed by atoms with E-state index in [4.69, 9.17) is 0 Å². The van der Waals surface area contributed by atoms with Gasteiger partial charge in [-0.25, -0.2) is 9.18 Å². The number of carbonyl (C=O) groups excluding carboxylic acids is 1. The number of para-hydroxylation sites is 1. The molecule has 0 unspecified atom stereocenters. The highest BCUT2D eigenvalue weighted by molar-refractivity contribution is 7.12. The lowest BCUT2D eigenvalue weighted by Gasteiger charge is -2.15. The molecule has 0 saturated heterocycles. The van der Waals surface area contributed by atoms with Gasteiger partial charge in [-0.15, -0.1) is 11.3 Å². The van der Waals surface area contributed by atoms with Gasteiger partial charge in [0, 0.05) is 9.75 Å². The summed E-state index contributed by atoms with van der Waals surface area (Å²) in [6.45, 7) is 5.97. The lowest BCUT2D eigenvalue weighted by atomic mass is 10.1. The summed E-state index contributed by atoms with van der Waals surface area (Å²) in [6, 6.07) is 7.63. The van der Waals surface area contributed by atoms with Crippen molar-refractivity contribution in [3.8, 4) is 0 Å². The summed E-state index contributed by atoms with van der Waals surface area (Å²) >= 11 is 1.70. The third-order valence-corrected chi connectivity index (χ3v) is 4.00. The Morgan fingerprint density at radius 3 is 2.60 bits per heavy atom. The molecule has 1 aromatic heterocycles. The number of carbonyl (C=O) groups is 1. The third kappa shape index (κ3) is 3.36. The van der Waals surface area contributed by atoms with Crippen molar-refractivity contribution in [3.05, 3.63) is 51.5 Å². The second-order valence-corrected chi connectivity index (χ2v) is 6.13. The lowest BCUT2D eigenvalue weighted by Crippen LogP contribution is -2.31. The highest BCUT2D eigenvalue weighted by atomic mass is 32.1. The maximum Gasteiger partial charge on any atom is 0.319 e. The van der Waals surface area contributed by atoms with Crippen LogP contribution in [0.1, 0.15) is 28.3 Å². The minimum absolute atomic E-state index is 0.119. The van der Waals surface area contributed by atoms with Gasteiger partial charge in [0.25, 0.3) is 0 Å². The van der Waals surface area contributed by atoms with E-state index in [2.05, 4.69) is 16.7 Å². The summed E-state index contributed by atoms with van der Waals surface area (Å²) in [5.41, 5.74) is 1.27. The molecule has 0 radical (unpaired) electrons. The van der Waals surface area contributed by atoms with E-state index in [1.54, 1.807) is 23.5 Å². The van der Waals surface area contributed by atoms with E-state index in [1.165, 1.54) is 21.9 Å². The Hall–Kier alpha value is -1.88. The molecule has 2 amide bonds. The first-order chi connectivity index (χ1) is 9.47. The standard InChI is InChI=1S/C15H17FN2OS/c1-9-8-12(11(3)20-9)10(2)17-15(19)18-14-7-5-4-6-13(14)16/h4-8,10H,1-3H3,(H2,17,18,19)/t10-/m1/s1. The Labute approximate surface area is 121 Å². The predicted molar refractivity (Wildman–Crippen MR) is 80.8 cm³/mol. The summed E-state index contributed by atoms with van der Waals surface area (Å²) in [5.74, 6) is -0.446. The van der Waals surface area contributed by atoms with E-state index < -0.39 is 11.8 Å². The number of urea groups is 1. The number of amides is 2. The molecule has 0 fully saturated rings. The number of anilines is 1. The van der Waals surface area contributed by atoms with Crippen LogP contribution in [-0.2, 0) is 0 Å². The van der Waals surface area contributed by atoms with E-state index in [1.807, 2.05) is 20.8 Å². The highest BCUT2D eigenvalue weighted by Gasteiger charge is 2.14. The molecule has 2 aromatic rings. The summed E-state index contributed by atoms with van der Waals surface area (Å²) in [6.07, 6.45) is 0. The van der Waals surface area contributed by atoms with E-state index in [0.29, 0.717) is 0 Å². The minimum Gasteiger partial charge on any atom is -0.331 e. The van der Waals surface area contributed by atoms with Gasteiger partial charge in [0.15, 0.2) is 0 Å². The summed E-state index contributed by atoms with van der Waals surface area (Å²) in [4.78, 5) is 14.3. The molecule has 0 aliphatic rings. The third-order valence-electron chi connectivity index (χ3n) is 3.02. The maximum atomic E-state index is 13.4. The number of hydrogen-bond donors (Lipinski definition) is 2. The second-order valence-electron chi connectivity index (χ2n) is 4.67. The van der Waals surface area contributed by atoms with Crippen LogP contribution in [0.25, 0.3) is 0 Å². The highest BCUT2D eigenvalue weighted by Crippen LogP contribution is 2.26. The van der Waals surface area contributed by atoms with Crippen LogP contribution < -0.4 is 10.6 Å². The largest absolute Gasteiger partial charge is 0.331 e. The minimum atomic E-state index is -0.446. The fourth-order valence-electron chi connectivity index (χ4n) is 2.08. The Bertz CT molecular complexity index is 624. The predicted octanol–water partition coefficient (Wildman–Crippen LogP) is 4.39. The zero-order chi connectivity index (χ0) is 14.7. The normalized spacial score (nSPS) is 12.0. The van der Waals surface area contributed by atoms with E-state index in [-0.39, 0.29) is 11.7 Å². The molecule has 0 bridgehead atoms. The molecule has 106 valence electrons. The van der Waals surface area contributed by atoms with Gasteiger partial charge in [0.2, 0.25) is 0 Å². The van der Waals surface area contributed by atoms with Crippen LogP contribution in [-0.4, -0.2) is 6.03 Å². The van der Waals surface area contributed by atoms with Crippen molar-refractivity contribution in [2.24, 2.45) is 0 Å². The van der Waals surface area contributed by atoms with Crippen LogP contribution in [0.3, 0.4) is 0 Å². The number of nitrogens with one attached hydrogen (secondary N) is 2. The Morgan fingerprint density at radius 2 is 2.00 bits per heavy atom. The monoisotopic (exact) mass is 292 g/mol. The summed E-state index contributed by atoms with van der Waals surface area (Å²) in [7, 11) is 0. The molecule has 20 heavy (non-hydrogen) atoms. The quantitative estimate of drug-likeness (QED) is 0.865. The first kappa shape index (κ1) is 14.5. The van der Waals surface area contributed by atoms with Gasteiger partial charge in [-0.05, 0) is 44.5 Å². The van der Waals surface area contributed by atoms with Crippen LogP contribution in [0.2, 0.25) is 0 Å². The van der Waals surface area contributed by atoms with Crippen molar-refractivity contribution >= 4 is 23.1 Å². The number of rotatable bonds is 3. The zero-order valence-electron chi connectivity index (χ0n) is 11.7. The average Bonchev–Trinajstić information content (AvgIpc) is 2.71. The van der Waals surface area contributed by atoms with Crippen molar-refractivity contribution in [2.45, 2.75) is 26.8 Å². The average molecular weight is 292 g/mol. The molecule has 5 heteroatoms. The van der Waals surface area contributed by atoms with Gasteiger partial charge in [0.1, 0.15) is 5.82 Å². The van der Waals surface area contributed by atoms with Crippen molar-refractivity contribution in [3.63, 3.8) is 0 Å². The molecule has 0 spiro atoms. The molecule has 2 rings (SSSR count). The molecule has 0 saturated carbocycles. The van der Waals surface area contributed by atoms with Gasteiger partial charge in [-0.2, -0.15) is 0 Å². The van der Waals surface area contributed by atoms with Crippen LogP contribution in [0, 0.1) is 19.7 Å². The molecule has 1 atom stereocenters. The molecular formula is C15H17FN2OS. The van der Waals surface area contributed by atoms with Gasteiger partial charge in [0.05, 0.1) is 11.7 Å². The molecule has 0 aliphatic carbocycles. The van der Waals surface area contributed by atoms with Crippen LogP contribution >= 0.6 is 11.3 Å². The molecular weight excluding hydrogens is 275 g/mol. The fraction of sp³-hybridized carbons (Fsp3) is 0.267. The maximum absolute atomic E-state index is 13.4. The number of aryl methyl sites for hydroxylation is 2. The molecule has 1 aromatic carbocycles. The molecule has 2 N–H and O–H groups in total. The number of benzene rings is 1. The van der Waals surface area contributed by atoms with Gasteiger partial charge in [-0.1, -0.05) is 12.1 Å². The zero-order valence-corrected chi connectivity index (χ0v) is 12.5. The van der Waals surface area contributed by atoms with Gasteiger partial charge >= 0.3 is 6.03 Å². The van der Waals surface area contributed by atoms with Crippen LogP contribution in [0.15, 0.2) is 30.3 Å². The molecule has 0 aliphatic heterocycles.